The molecule has 4 nitrogen and oxygen atoms in total. The number of benzene rings is 1. The summed E-state index contributed by atoms with van der Waals surface area (Å²) in [6.07, 6.45) is 5.42. The Morgan fingerprint density at radius 2 is 1.89 bits per heavy atom. The number of Topliss-reactive ketones (excluding diaryl/α,β-unsaturated/α-hetero) is 1. The highest BCUT2D eigenvalue weighted by atomic mass is 32.1. The molecule has 5 heteroatoms. The van der Waals surface area contributed by atoms with E-state index in [1.165, 1.54) is 5.56 Å². The summed E-state index contributed by atoms with van der Waals surface area (Å²) in [7, 11) is 0. The van der Waals surface area contributed by atoms with Gasteiger partial charge in [0.2, 0.25) is 5.91 Å². The van der Waals surface area contributed by atoms with Crippen molar-refractivity contribution in [1.29, 1.82) is 0 Å². The van der Waals surface area contributed by atoms with E-state index < -0.39 is 0 Å². The molecule has 1 heterocycles. The lowest BCUT2D eigenvalue weighted by atomic mass is 9.67. The number of carbonyl (C=O) groups excluding carboxylic acids is 2. The summed E-state index contributed by atoms with van der Waals surface area (Å²) in [6.45, 7) is 2.66. The van der Waals surface area contributed by atoms with E-state index in [2.05, 4.69) is 39.9 Å². The molecule has 2 saturated carbocycles. The van der Waals surface area contributed by atoms with Gasteiger partial charge in [0.15, 0.2) is 0 Å². The minimum Gasteiger partial charge on any atom is -0.356 e. The van der Waals surface area contributed by atoms with E-state index in [9.17, 15) is 9.59 Å². The molecule has 142 valence electrons. The Morgan fingerprint density at radius 3 is 2.52 bits per heavy atom. The van der Waals surface area contributed by atoms with Crippen LogP contribution in [0.15, 0.2) is 29.6 Å². The van der Waals surface area contributed by atoms with E-state index in [4.69, 9.17) is 0 Å². The molecule has 0 radical (unpaired) electrons. The van der Waals surface area contributed by atoms with Gasteiger partial charge < -0.3 is 5.32 Å². The average Bonchev–Trinajstić information content (AvgIpc) is 3.08. The van der Waals surface area contributed by atoms with Gasteiger partial charge >= 0.3 is 0 Å². The van der Waals surface area contributed by atoms with E-state index in [0.29, 0.717) is 12.3 Å². The Balaban J connectivity index is 1.27. The Kier molecular flexibility index (Phi) is 5.39. The Hall–Kier alpha value is -2.01. The number of aryl methyl sites for hydroxylation is 1. The number of hydrogen-bond acceptors (Lipinski definition) is 4. The van der Waals surface area contributed by atoms with Gasteiger partial charge in [-0.1, -0.05) is 30.7 Å². The van der Waals surface area contributed by atoms with Gasteiger partial charge in [0.25, 0.3) is 0 Å². The van der Waals surface area contributed by atoms with Gasteiger partial charge in [-0.15, -0.1) is 11.3 Å². The highest BCUT2D eigenvalue weighted by molar-refractivity contribution is 7.09. The number of thiazole rings is 1. The van der Waals surface area contributed by atoms with Crippen molar-refractivity contribution in [3.05, 3.63) is 40.2 Å². The van der Waals surface area contributed by atoms with Crippen molar-refractivity contribution in [3.63, 3.8) is 0 Å². The van der Waals surface area contributed by atoms with Crippen LogP contribution in [0.2, 0.25) is 0 Å². The first-order valence-electron chi connectivity index (χ1n) is 9.93. The minimum atomic E-state index is 0.0216. The number of fused-ring (bicyclic) bond motifs is 2. The molecular formula is C22H26N2O2S. The summed E-state index contributed by atoms with van der Waals surface area (Å²) in [4.78, 5) is 29.2. The van der Waals surface area contributed by atoms with Gasteiger partial charge in [0, 0.05) is 35.2 Å². The van der Waals surface area contributed by atoms with Crippen LogP contribution in [-0.4, -0.2) is 23.2 Å². The van der Waals surface area contributed by atoms with Crippen LogP contribution in [0.4, 0.5) is 0 Å². The molecule has 0 saturated heterocycles. The normalized spacial score (nSPS) is 24.6. The van der Waals surface area contributed by atoms with Gasteiger partial charge in [-0.05, 0) is 44.6 Å². The fraction of sp³-hybridized carbons (Fsp3) is 0.500. The van der Waals surface area contributed by atoms with Crippen molar-refractivity contribution < 1.29 is 9.59 Å². The third-order valence-corrected chi connectivity index (χ3v) is 6.77. The first kappa shape index (κ1) is 18.4. The zero-order valence-corrected chi connectivity index (χ0v) is 16.6. The summed E-state index contributed by atoms with van der Waals surface area (Å²) < 4.78 is 0. The fourth-order valence-electron chi connectivity index (χ4n) is 4.51. The van der Waals surface area contributed by atoms with Crippen molar-refractivity contribution in [2.75, 3.05) is 6.54 Å². The molecule has 2 aliphatic carbocycles. The topological polar surface area (TPSA) is 59.1 Å². The second kappa shape index (κ2) is 7.93. The van der Waals surface area contributed by atoms with Crippen LogP contribution >= 0.6 is 11.3 Å². The van der Waals surface area contributed by atoms with E-state index >= 15 is 0 Å². The number of nitrogens with one attached hydrogen (secondary N) is 1. The molecule has 2 atom stereocenters. The monoisotopic (exact) mass is 382 g/mol. The predicted octanol–water partition coefficient (Wildman–Crippen LogP) is 4.17. The molecule has 2 fully saturated rings. The first-order chi connectivity index (χ1) is 13.1. The SMILES string of the molecule is Cc1nc(-c2ccc(CCNC(=O)C3CC4CCCC(C3)C4=O)cc2)cs1. The standard InChI is InChI=1S/C22H26N2O2S/c1-14-24-20(13-27-14)16-7-5-15(6-8-16)9-10-23-22(26)19-11-17-3-2-4-18(12-19)21(17)25/h5-8,13,17-19H,2-4,9-12H2,1H3,(H,23,26). The Bertz CT molecular complexity index is 811. The number of rotatable bonds is 5. The lowest BCUT2D eigenvalue weighted by Gasteiger charge is -2.36. The molecule has 1 aromatic carbocycles. The number of nitrogens with zero attached hydrogens (tertiary/aromatic N) is 1. The maximum absolute atomic E-state index is 12.5. The summed E-state index contributed by atoms with van der Waals surface area (Å²) in [5.74, 6) is 0.841. The quantitative estimate of drug-likeness (QED) is 0.844. The average molecular weight is 383 g/mol. The Morgan fingerprint density at radius 1 is 1.19 bits per heavy atom. The lowest BCUT2D eigenvalue weighted by Crippen LogP contribution is -2.42. The van der Waals surface area contributed by atoms with E-state index in [1.54, 1.807) is 11.3 Å². The maximum Gasteiger partial charge on any atom is 0.223 e. The second-order valence-electron chi connectivity index (χ2n) is 7.89. The zero-order chi connectivity index (χ0) is 18.8. The molecule has 2 unspecified atom stereocenters. The van der Waals surface area contributed by atoms with E-state index in [0.717, 1.165) is 54.8 Å². The number of ketones is 1. The van der Waals surface area contributed by atoms with Gasteiger partial charge in [-0.2, -0.15) is 0 Å². The van der Waals surface area contributed by atoms with Crippen molar-refractivity contribution in [1.82, 2.24) is 10.3 Å². The third kappa shape index (κ3) is 4.13. The summed E-state index contributed by atoms with van der Waals surface area (Å²) in [5, 5.41) is 6.25. The van der Waals surface area contributed by atoms with Crippen LogP contribution in [0.3, 0.4) is 0 Å². The fourth-order valence-corrected chi connectivity index (χ4v) is 5.13. The molecule has 2 aliphatic rings. The van der Waals surface area contributed by atoms with Gasteiger partial charge in [0.05, 0.1) is 10.7 Å². The highest BCUT2D eigenvalue weighted by Gasteiger charge is 2.41. The predicted molar refractivity (Wildman–Crippen MR) is 108 cm³/mol. The van der Waals surface area contributed by atoms with Crippen molar-refractivity contribution >= 4 is 23.0 Å². The smallest absolute Gasteiger partial charge is 0.223 e. The molecule has 1 N–H and O–H groups in total. The summed E-state index contributed by atoms with van der Waals surface area (Å²) in [5.41, 5.74) is 3.36. The number of hydrogen-bond donors (Lipinski definition) is 1. The van der Waals surface area contributed by atoms with Crippen LogP contribution in [0.1, 0.15) is 42.7 Å². The Labute approximate surface area is 164 Å². The number of carbonyl (C=O) groups is 2. The zero-order valence-electron chi connectivity index (χ0n) is 15.7. The molecule has 2 bridgehead atoms. The minimum absolute atomic E-state index is 0.0216. The number of amides is 1. The maximum atomic E-state index is 12.5. The van der Waals surface area contributed by atoms with Crippen LogP contribution in [0.5, 0.6) is 0 Å². The van der Waals surface area contributed by atoms with Gasteiger partial charge in [-0.3, -0.25) is 9.59 Å². The third-order valence-electron chi connectivity index (χ3n) is 6.00. The first-order valence-corrected chi connectivity index (χ1v) is 10.8. The summed E-state index contributed by atoms with van der Waals surface area (Å²) in [6, 6.07) is 8.42. The van der Waals surface area contributed by atoms with Crippen LogP contribution in [0, 0.1) is 24.7 Å². The van der Waals surface area contributed by atoms with Gasteiger partial charge in [0.1, 0.15) is 5.78 Å². The molecule has 1 aromatic heterocycles. The van der Waals surface area contributed by atoms with E-state index in [-0.39, 0.29) is 23.7 Å². The molecule has 27 heavy (non-hydrogen) atoms. The summed E-state index contributed by atoms with van der Waals surface area (Å²) >= 11 is 1.66. The molecule has 0 aliphatic heterocycles. The molecular weight excluding hydrogens is 356 g/mol. The van der Waals surface area contributed by atoms with E-state index in [1.807, 2.05) is 6.92 Å². The van der Waals surface area contributed by atoms with Crippen molar-refractivity contribution in [2.45, 2.75) is 45.4 Å². The second-order valence-corrected chi connectivity index (χ2v) is 8.95. The molecule has 1 amide bonds. The lowest BCUT2D eigenvalue weighted by molar-refractivity contribution is -0.137. The largest absolute Gasteiger partial charge is 0.356 e. The molecule has 2 aromatic rings. The van der Waals surface area contributed by atoms with Gasteiger partial charge in [-0.25, -0.2) is 4.98 Å². The number of aromatic nitrogens is 1. The highest BCUT2D eigenvalue weighted by Crippen LogP contribution is 2.40. The van der Waals surface area contributed by atoms with Crippen LogP contribution in [0.25, 0.3) is 11.3 Å². The van der Waals surface area contributed by atoms with Crippen molar-refractivity contribution in [3.8, 4) is 11.3 Å². The van der Waals surface area contributed by atoms with Crippen molar-refractivity contribution in [2.24, 2.45) is 17.8 Å². The molecule has 4 rings (SSSR count). The van der Waals surface area contributed by atoms with Crippen LogP contribution < -0.4 is 5.32 Å². The van der Waals surface area contributed by atoms with Crippen LogP contribution in [-0.2, 0) is 16.0 Å². The molecule has 0 spiro atoms.